The zero-order chi connectivity index (χ0) is 20.4. The van der Waals surface area contributed by atoms with Crippen molar-refractivity contribution < 1.29 is 18.9 Å². The van der Waals surface area contributed by atoms with Gasteiger partial charge >= 0.3 is 5.76 Å². The second-order valence-electron chi connectivity index (χ2n) is 7.01. The van der Waals surface area contributed by atoms with Gasteiger partial charge in [-0.25, -0.2) is 4.79 Å². The number of hydrogen-bond acceptors (Lipinski definition) is 6. The van der Waals surface area contributed by atoms with E-state index < -0.39 is 16.7 Å². The Hall–Kier alpha value is -3.17. The highest BCUT2D eigenvalue weighted by Crippen LogP contribution is 2.22. The summed E-state index contributed by atoms with van der Waals surface area (Å²) >= 11 is 0. The van der Waals surface area contributed by atoms with Crippen LogP contribution in [0.4, 0.5) is 5.69 Å². The first-order chi connectivity index (χ1) is 13.3. The number of nitrogens with zero attached hydrogens (tertiary/aromatic N) is 4. The van der Waals surface area contributed by atoms with Crippen LogP contribution in [0.2, 0.25) is 0 Å². The van der Waals surface area contributed by atoms with Crippen molar-refractivity contribution in [2.24, 2.45) is 0 Å². The Morgan fingerprint density at radius 3 is 2.79 bits per heavy atom. The van der Waals surface area contributed by atoms with Gasteiger partial charge in [0.15, 0.2) is 5.58 Å². The van der Waals surface area contributed by atoms with Gasteiger partial charge in [-0.15, -0.1) is 0 Å². The molecule has 0 radical (unpaired) electrons. The summed E-state index contributed by atoms with van der Waals surface area (Å²) in [6.07, 6.45) is 2.04. The maximum Gasteiger partial charge on any atom is 0.419 e. The molecule has 1 fully saturated rings. The number of rotatable bonds is 6. The van der Waals surface area contributed by atoms with Crippen molar-refractivity contribution in [3.05, 3.63) is 38.9 Å². The molecule has 0 aliphatic carbocycles. The Morgan fingerprint density at radius 2 is 2.11 bits per heavy atom. The van der Waals surface area contributed by atoms with Crippen molar-refractivity contribution in [1.29, 1.82) is 0 Å². The molecule has 150 valence electrons. The number of amides is 2. The molecule has 10 nitrogen and oxygen atoms in total. The Kier molecular flexibility index (Phi) is 5.48. The minimum absolute atomic E-state index is 0.0792. The highest BCUT2D eigenvalue weighted by atomic mass is 16.6. The predicted octanol–water partition coefficient (Wildman–Crippen LogP) is 1.36. The van der Waals surface area contributed by atoms with Crippen LogP contribution in [0, 0.1) is 10.1 Å². The van der Waals surface area contributed by atoms with E-state index in [1.807, 2.05) is 0 Å². The van der Waals surface area contributed by atoms with Gasteiger partial charge in [-0.3, -0.25) is 24.3 Å². The van der Waals surface area contributed by atoms with Gasteiger partial charge in [0.25, 0.3) is 5.69 Å². The SMILES string of the molecule is CN(C)C(=O)C1CCCN1C(=O)CCCn1c(=O)oc2cc([N+](=O)[O-])ccc21. The largest absolute Gasteiger partial charge is 0.419 e. The van der Waals surface area contributed by atoms with Crippen molar-refractivity contribution in [2.45, 2.75) is 38.3 Å². The second-order valence-corrected chi connectivity index (χ2v) is 7.01. The number of oxazole rings is 1. The van der Waals surface area contributed by atoms with Crippen LogP contribution < -0.4 is 5.76 Å². The van der Waals surface area contributed by atoms with E-state index in [0.717, 1.165) is 6.42 Å². The van der Waals surface area contributed by atoms with Crippen LogP contribution in [0.1, 0.15) is 25.7 Å². The van der Waals surface area contributed by atoms with Crippen molar-refractivity contribution >= 4 is 28.6 Å². The summed E-state index contributed by atoms with van der Waals surface area (Å²) in [4.78, 5) is 50.2. The van der Waals surface area contributed by atoms with Gasteiger partial charge in [0.1, 0.15) is 6.04 Å². The van der Waals surface area contributed by atoms with Crippen molar-refractivity contribution in [1.82, 2.24) is 14.4 Å². The number of non-ortho nitro benzene ring substituents is 1. The molecule has 1 atom stereocenters. The standard InChI is InChI=1S/C18H22N4O6/c1-19(2)17(24)14-5-3-9-20(14)16(23)6-4-10-21-13-8-7-12(22(26)27)11-15(13)28-18(21)25/h7-8,11,14H,3-6,9-10H2,1-2H3. The maximum atomic E-state index is 12.5. The number of likely N-dealkylation sites (tertiary alicyclic amines) is 1. The van der Waals surface area contributed by atoms with E-state index in [9.17, 15) is 24.5 Å². The fraction of sp³-hybridized carbons (Fsp3) is 0.500. The molecule has 1 saturated heterocycles. The second kappa shape index (κ2) is 7.83. The van der Waals surface area contributed by atoms with E-state index in [1.54, 1.807) is 19.0 Å². The number of hydrogen-bond donors (Lipinski definition) is 0. The van der Waals surface area contributed by atoms with Crippen LogP contribution in [0.25, 0.3) is 11.1 Å². The number of benzene rings is 1. The first kappa shape index (κ1) is 19.6. The highest BCUT2D eigenvalue weighted by Gasteiger charge is 2.34. The molecular weight excluding hydrogens is 368 g/mol. The van der Waals surface area contributed by atoms with Gasteiger partial charge in [0.2, 0.25) is 11.8 Å². The lowest BCUT2D eigenvalue weighted by atomic mass is 10.2. The first-order valence-corrected chi connectivity index (χ1v) is 9.08. The lowest BCUT2D eigenvalue weighted by Gasteiger charge is -2.26. The molecule has 0 saturated carbocycles. The quantitative estimate of drug-likeness (QED) is 0.543. The van der Waals surface area contributed by atoms with Crippen LogP contribution in [0.3, 0.4) is 0 Å². The van der Waals surface area contributed by atoms with Gasteiger partial charge in [-0.1, -0.05) is 0 Å². The van der Waals surface area contributed by atoms with E-state index in [2.05, 4.69) is 0 Å². The molecule has 2 heterocycles. The number of aryl methyl sites for hydroxylation is 1. The lowest BCUT2D eigenvalue weighted by molar-refractivity contribution is -0.384. The number of aromatic nitrogens is 1. The average molecular weight is 390 g/mol. The number of fused-ring (bicyclic) bond motifs is 1. The monoisotopic (exact) mass is 390 g/mol. The van der Waals surface area contributed by atoms with Gasteiger partial charge in [-0.05, 0) is 25.3 Å². The molecular formula is C18H22N4O6. The van der Waals surface area contributed by atoms with Gasteiger partial charge < -0.3 is 14.2 Å². The minimum Gasteiger partial charge on any atom is -0.407 e. The molecule has 2 aromatic rings. The zero-order valence-corrected chi connectivity index (χ0v) is 15.8. The van der Waals surface area contributed by atoms with Crippen molar-refractivity contribution in [3.63, 3.8) is 0 Å². The van der Waals surface area contributed by atoms with Crippen LogP contribution in [0.15, 0.2) is 27.4 Å². The molecule has 1 aromatic carbocycles. The number of carbonyl (C=O) groups is 2. The average Bonchev–Trinajstić information content (AvgIpc) is 3.25. The number of nitro benzene ring substituents is 1. The molecule has 1 unspecified atom stereocenters. The summed E-state index contributed by atoms with van der Waals surface area (Å²) in [5, 5.41) is 10.8. The Bertz CT molecular complexity index is 976. The molecule has 1 aliphatic heterocycles. The third-order valence-corrected chi connectivity index (χ3v) is 4.93. The smallest absolute Gasteiger partial charge is 0.407 e. The summed E-state index contributed by atoms with van der Waals surface area (Å²) in [6, 6.07) is 3.56. The molecule has 0 spiro atoms. The first-order valence-electron chi connectivity index (χ1n) is 9.08. The maximum absolute atomic E-state index is 12.5. The fourth-order valence-corrected chi connectivity index (χ4v) is 3.53. The Labute approximate surface area is 160 Å². The highest BCUT2D eigenvalue weighted by molar-refractivity contribution is 5.88. The molecule has 2 amide bonds. The van der Waals surface area contributed by atoms with Crippen molar-refractivity contribution in [3.8, 4) is 0 Å². The number of nitro groups is 1. The topological polar surface area (TPSA) is 119 Å². The summed E-state index contributed by atoms with van der Waals surface area (Å²) < 4.78 is 6.44. The van der Waals surface area contributed by atoms with Crippen molar-refractivity contribution in [2.75, 3.05) is 20.6 Å². The molecule has 0 N–H and O–H groups in total. The van der Waals surface area contributed by atoms with E-state index in [1.165, 1.54) is 27.7 Å². The third-order valence-electron chi connectivity index (χ3n) is 4.93. The Morgan fingerprint density at radius 1 is 1.36 bits per heavy atom. The molecule has 1 aliphatic rings. The summed E-state index contributed by atoms with van der Waals surface area (Å²) in [5.41, 5.74) is 0.431. The van der Waals surface area contributed by atoms with E-state index in [-0.39, 0.29) is 36.1 Å². The lowest BCUT2D eigenvalue weighted by Crippen LogP contribution is -2.45. The van der Waals surface area contributed by atoms with Crippen LogP contribution in [-0.2, 0) is 16.1 Å². The van der Waals surface area contributed by atoms with Gasteiger partial charge in [0, 0.05) is 39.7 Å². The van der Waals surface area contributed by atoms with E-state index in [4.69, 9.17) is 4.42 Å². The molecule has 10 heteroatoms. The van der Waals surface area contributed by atoms with Gasteiger partial charge in [-0.2, -0.15) is 0 Å². The molecule has 0 bridgehead atoms. The zero-order valence-electron chi connectivity index (χ0n) is 15.8. The Balaban J connectivity index is 1.66. The summed E-state index contributed by atoms with van der Waals surface area (Å²) in [5.74, 6) is -0.816. The molecule has 28 heavy (non-hydrogen) atoms. The minimum atomic E-state index is -0.621. The molecule has 3 rings (SSSR count). The van der Waals surface area contributed by atoms with E-state index >= 15 is 0 Å². The van der Waals surface area contributed by atoms with Crippen LogP contribution in [-0.4, -0.2) is 57.8 Å². The number of likely N-dealkylation sites (N-methyl/N-ethyl adjacent to an activating group) is 1. The summed E-state index contributed by atoms with van der Waals surface area (Å²) in [6.45, 7) is 0.802. The van der Waals surface area contributed by atoms with E-state index in [0.29, 0.717) is 24.9 Å². The molecule has 1 aromatic heterocycles. The van der Waals surface area contributed by atoms with Crippen LogP contribution >= 0.6 is 0 Å². The normalized spacial score (nSPS) is 16.5. The fourth-order valence-electron chi connectivity index (χ4n) is 3.53. The number of carbonyl (C=O) groups excluding carboxylic acids is 2. The van der Waals surface area contributed by atoms with Gasteiger partial charge in [0.05, 0.1) is 16.5 Å². The third kappa shape index (κ3) is 3.75. The predicted molar refractivity (Wildman–Crippen MR) is 99.8 cm³/mol. The van der Waals surface area contributed by atoms with Crippen LogP contribution in [0.5, 0.6) is 0 Å². The summed E-state index contributed by atoms with van der Waals surface area (Å²) in [7, 11) is 3.34.